The first-order valence-corrected chi connectivity index (χ1v) is 9.65. The highest BCUT2D eigenvalue weighted by Gasteiger charge is 2.17. The molecule has 2 amide bonds. The Labute approximate surface area is 165 Å². The van der Waals surface area contributed by atoms with Gasteiger partial charge in [-0.15, -0.1) is 0 Å². The molecule has 1 aromatic heterocycles. The second-order valence-electron chi connectivity index (χ2n) is 6.69. The van der Waals surface area contributed by atoms with Gasteiger partial charge >= 0.3 is 0 Å². The predicted octanol–water partition coefficient (Wildman–Crippen LogP) is 4.26. The van der Waals surface area contributed by atoms with Gasteiger partial charge in [0.15, 0.2) is 0 Å². The molecule has 1 atom stereocenters. The molecular weight excluding hydrogens is 350 g/mol. The number of carbonyl (C=O) groups is 2. The lowest BCUT2D eigenvalue weighted by Crippen LogP contribution is -2.30. The van der Waals surface area contributed by atoms with Crippen LogP contribution in [-0.4, -0.2) is 23.3 Å². The third-order valence-electron chi connectivity index (χ3n) is 4.71. The number of carbonyl (C=O) groups excluding carboxylic acids is 2. The van der Waals surface area contributed by atoms with E-state index < -0.39 is 0 Å². The van der Waals surface area contributed by atoms with Crippen molar-refractivity contribution in [3.05, 3.63) is 72.4 Å². The molecule has 0 saturated carbocycles. The average Bonchev–Trinajstić information content (AvgIpc) is 2.73. The first kappa shape index (κ1) is 19.5. The Hall–Kier alpha value is -3.21. The van der Waals surface area contributed by atoms with Crippen molar-refractivity contribution in [3.63, 3.8) is 0 Å². The number of anilines is 1. The fourth-order valence-corrected chi connectivity index (χ4v) is 3.26. The Morgan fingerprint density at radius 3 is 2.57 bits per heavy atom. The summed E-state index contributed by atoms with van der Waals surface area (Å²) in [5.41, 5.74) is 2.51. The van der Waals surface area contributed by atoms with Gasteiger partial charge in [0.2, 0.25) is 11.8 Å². The molecule has 28 heavy (non-hydrogen) atoms. The van der Waals surface area contributed by atoms with Gasteiger partial charge in [0.1, 0.15) is 0 Å². The number of hydrogen-bond donors (Lipinski definition) is 2. The van der Waals surface area contributed by atoms with Gasteiger partial charge in [0.25, 0.3) is 0 Å². The van der Waals surface area contributed by atoms with Crippen LogP contribution in [0.5, 0.6) is 0 Å². The minimum Gasteiger partial charge on any atom is -0.356 e. The van der Waals surface area contributed by atoms with Crippen LogP contribution in [0, 0.1) is 0 Å². The molecule has 0 aliphatic rings. The van der Waals surface area contributed by atoms with Gasteiger partial charge in [0, 0.05) is 24.5 Å². The Kier molecular flexibility index (Phi) is 6.73. The molecule has 0 aliphatic carbocycles. The molecule has 1 heterocycles. The molecule has 3 rings (SSSR count). The van der Waals surface area contributed by atoms with Crippen molar-refractivity contribution >= 4 is 28.4 Å². The predicted molar refractivity (Wildman–Crippen MR) is 112 cm³/mol. The summed E-state index contributed by atoms with van der Waals surface area (Å²) in [6.45, 7) is 2.48. The Bertz CT molecular complexity index is 935. The topological polar surface area (TPSA) is 71.1 Å². The van der Waals surface area contributed by atoms with Crippen molar-refractivity contribution in [1.82, 2.24) is 10.3 Å². The molecule has 0 saturated heterocycles. The average molecular weight is 375 g/mol. The van der Waals surface area contributed by atoms with E-state index in [4.69, 9.17) is 0 Å². The summed E-state index contributed by atoms with van der Waals surface area (Å²) in [4.78, 5) is 29.0. The zero-order chi connectivity index (χ0) is 19.8. The van der Waals surface area contributed by atoms with Crippen molar-refractivity contribution in [2.75, 3.05) is 11.9 Å². The van der Waals surface area contributed by atoms with Crippen molar-refractivity contribution < 1.29 is 9.59 Å². The molecule has 0 spiro atoms. The third-order valence-corrected chi connectivity index (χ3v) is 4.71. The number of para-hydroxylation sites is 1. The molecule has 3 aromatic rings. The molecule has 0 radical (unpaired) electrons. The van der Waals surface area contributed by atoms with Crippen molar-refractivity contribution in [2.24, 2.45) is 0 Å². The van der Waals surface area contributed by atoms with E-state index in [0.29, 0.717) is 25.1 Å². The first-order valence-electron chi connectivity index (χ1n) is 9.65. The molecule has 0 unspecified atom stereocenters. The summed E-state index contributed by atoms with van der Waals surface area (Å²) in [7, 11) is 0. The van der Waals surface area contributed by atoms with Crippen LogP contribution in [0.2, 0.25) is 0 Å². The zero-order valence-corrected chi connectivity index (χ0v) is 16.0. The summed E-state index contributed by atoms with van der Waals surface area (Å²) >= 11 is 0. The maximum absolute atomic E-state index is 12.4. The van der Waals surface area contributed by atoms with Gasteiger partial charge in [-0.25, -0.2) is 0 Å². The Morgan fingerprint density at radius 1 is 1.00 bits per heavy atom. The smallest absolute Gasteiger partial charge is 0.227 e. The van der Waals surface area contributed by atoms with Crippen LogP contribution in [0.4, 0.5) is 5.69 Å². The molecule has 2 N–H and O–H groups in total. The fraction of sp³-hybridized carbons (Fsp3) is 0.261. The summed E-state index contributed by atoms with van der Waals surface area (Å²) in [6.07, 6.45) is 3.38. The highest BCUT2D eigenvalue weighted by atomic mass is 16.2. The maximum Gasteiger partial charge on any atom is 0.227 e. The lowest BCUT2D eigenvalue weighted by Gasteiger charge is -2.15. The molecule has 5 heteroatoms. The number of amides is 2. The number of nitrogens with one attached hydrogen (secondary N) is 2. The van der Waals surface area contributed by atoms with Crippen LogP contribution in [0.15, 0.2) is 66.9 Å². The number of pyridine rings is 1. The minimum atomic E-state index is -0.156. The van der Waals surface area contributed by atoms with Crippen molar-refractivity contribution in [1.29, 1.82) is 0 Å². The highest BCUT2D eigenvalue weighted by molar-refractivity contribution is 6.00. The van der Waals surface area contributed by atoms with E-state index in [1.807, 2.05) is 67.6 Å². The number of nitrogens with zero attached hydrogens (tertiary/aromatic N) is 1. The molecular formula is C23H25N3O2. The maximum atomic E-state index is 12.4. The van der Waals surface area contributed by atoms with Crippen molar-refractivity contribution in [3.8, 4) is 0 Å². The van der Waals surface area contributed by atoms with Crippen LogP contribution < -0.4 is 10.6 Å². The van der Waals surface area contributed by atoms with Gasteiger partial charge < -0.3 is 10.6 Å². The molecule has 0 bridgehead atoms. The van der Waals surface area contributed by atoms with E-state index >= 15 is 0 Å². The van der Waals surface area contributed by atoms with Crippen LogP contribution >= 0.6 is 0 Å². The molecule has 2 aromatic carbocycles. The number of fused-ring (bicyclic) bond motifs is 1. The van der Waals surface area contributed by atoms with Gasteiger partial charge in [-0.05, 0) is 30.5 Å². The van der Waals surface area contributed by atoms with Crippen LogP contribution in [0.1, 0.15) is 37.7 Å². The fourth-order valence-electron chi connectivity index (χ4n) is 3.26. The normalized spacial score (nSPS) is 11.8. The summed E-state index contributed by atoms with van der Waals surface area (Å²) in [5, 5.41) is 6.85. The van der Waals surface area contributed by atoms with E-state index in [1.54, 1.807) is 6.20 Å². The molecule has 5 nitrogen and oxygen atoms in total. The molecule has 144 valence electrons. The van der Waals surface area contributed by atoms with Crippen molar-refractivity contribution in [2.45, 2.75) is 32.1 Å². The van der Waals surface area contributed by atoms with E-state index in [1.165, 1.54) is 0 Å². The third kappa shape index (κ3) is 4.94. The zero-order valence-electron chi connectivity index (χ0n) is 16.0. The second-order valence-corrected chi connectivity index (χ2v) is 6.69. The van der Waals surface area contributed by atoms with Crippen LogP contribution in [-0.2, 0) is 9.59 Å². The lowest BCUT2D eigenvalue weighted by atomic mass is 9.95. The number of rotatable bonds is 8. The highest BCUT2D eigenvalue weighted by Crippen LogP contribution is 2.21. The summed E-state index contributed by atoms with van der Waals surface area (Å²) < 4.78 is 0. The lowest BCUT2D eigenvalue weighted by molar-refractivity contribution is -0.123. The Balaban J connectivity index is 1.47. The molecule has 0 aliphatic heterocycles. The second kappa shape index (κ2) is 9.65. The minimum absolute atomic E-state index is 0.00682. The quantitative estimate of drug-likeness (QED) is 0.578. The summed E-state index contributed by atoms with van der Waals surface area (Å²) in [6, 6.07) is 19.3. The largest absolute Gasteiger partial charge is 0.356 e. The Morgan fingerprint density at radius 2 is 1.79 bits per heavy atom. The summed E-state index contributed by atoms with van der Waals surface area (Å²) in [5.74, 6) is -0.230. The number of aromatic nitrogens is 1. The molecule has 0 fully saturated rings. The first-order chi connectivity index (χ1) is 13.7. The van der Waals surface area contributed by atoms with E-state index in [9.17, 15) is 9.59 Å². The van der Waals surface area contributed by atoms with E-state index in [0.717, 1.165) is 22.9 Å². The van der Waals surface area contributed by atoms with E-state index in [2.05, 4.69) is 15.6 Å². The van der Waals surface area contributed by atoms with Gasteiger partial charge in [0.05, 0.1) is 17.1 Å². The number of hydrogen-bond acceptors (Lipinski definition) is 3. The van der Waals surface area contributed by atoms with Crippen LogP contribution in [0.25, 0.3) is 10.9 Å². The SMILES string of the molecule is CC[C@H](C(=O)NCCCC(=O)Nc1cccc2cccnc12)c1ccccc1. The van der Waals surface area contributed by atoms with Crippen LogP contribution in [0.3, 0.4) is 0 Å². The van der Waals surface area contributed by atoms with Gasteiger partial charge in [-0.3, -0.25) is 14.6 Å². The standard InChI is InChI=1S/C23H25N3O2/c1-2-19(17-9-4-3-5-10-17)23(28)25-16-8-14-21(27)26-20-13-6-11-18-12-7-15-24-22(18)20/h3-7,9-13,15,19H,2,8,14,16H2,1H3,(H,25,28)(H,26,27)/t19-/m0/s1. The van der Waals surface area contributed by atoms with Gasteiger partial charge in [-0.2, -0.15) is 0 Å². The number of benzene rings is 2. The van der Waals surface area contributed by atoms with E-state index in [-0.39, 0.29) is 17.7 Å². The monoisotopic (exact) mass is 375 g/mol. The van der Waals surface area contributed by atoms with Gasteiger partial charge in [-0.1, -0.05) is 55.5 Å².